The Bertz CT molecular complexity index is 1800. The molecule has 4 atom stereocenters. The van der Waals surface area contributed by atoms with E-state index in [2.05, 4.69) is 33.0 Å². The summed E-state index contributed by atoms with van der Waals surface area (Å²) in [5, 5.41) is 13.9. The van der Waals surface area contributed by atoms with Crippen molar-refractivity contribution in [3.05, 3.63) is 82.4 Å². The molecule has 11 nitrogen and oxygen atoms in total. The Labute approximate surface area is 286 Å². The summed E-state index contributed by atoms with van der Waals surface area (Å²) in [5.74, 6) is -0.567. The first-order valence-corrected chi connectivity index (χ1v) is 16.8. The highest BCUT2D eigenvalue weighted by Gasteiger charge is 2.51. The van der Waals surface area contributed by atoms with Gasteiger partial charge in [0.1, 0.15) is 17.6 Å². The molecule has 2 heterocycles. The average molecular weight is 676 g/mol. The van der Waals surface area contributed by atoms with Gasteiger partial charge in [0.2, 0.25) is 11.8 Å². The van der Waals surface area contributed by atoms with Gasteiger partial charge in [0, 0.05) is 37.8 Å². The molecular formula is C36H46ClN7O4. The molecule has 1 aliphatic rings. The number of ether oxygens (including phenoxy) is 1. The number of carbonyl (C=O) groups excluding carboxylic acids is 3. The van der Waals surface area contributed by atoms with E-state index in [0.717, 1.165) is 18.4 Å². The number of rotatable bonds is 14. The second-order valence-corrected chi connectivity index (χ2v) is 14.1. The Balaban J connectivity index is 1.56. The number of aryl methyl sites for hydroxylation is 1. The maximum atomic E-state index is 13.9. The molecule has 0 aliphatic heterocycles. The lowest BCUT2D eigenvalue weighted by Crippen LogP contribution is -2.55. The first-order chi connectivity index (χ1) is 22.8. The smallest absolute Gasteiger partial charge is 0.270 e. The number of hydrogen-bond acceptors (Lipinski definition) is 6. The number of benzene rings is 2. The van der Waals surface area contributed by atoms with E-state index in [1.807, 2.05) is 63.2 Å². The number of nitrogens with zero attached hydrogens (tertiary/aromatic N) is 3. The number of hydrogen-bond donors (Lipinski definition) is 4. The van der Waals surface area contributed by atoms with Crippen molar-refractivity contribution in [2.75, 3.05) is 20.3 Å². The normalized spacial score (nSPS) is 16.9. The molecule has 1 saturated carbocycles. The average Bonchev–Trinajstić information content (AvgIpc) is 3.41. The zero-order chi connectivity index (χ0) is 34.8. The van der Waals surface area contributed by atoms with Gasteiger partial charge in [0.05, 0.1) is 29.1 Å². The molecule has 4 N–H and O–H groups in total. The molecule has 0 spiro atoms. The second-order valence-electron chi connectivity index (χ2n) is 13.7. The van der Waals surface area contributed by atoms with Gasteiger partial charge in [-0.25, -0.2) is 4.98 Å². The number of aromatic amines is 1. The van der Waals surface area contributed by atoms with Crippen LogP contribution in [0.2, 0.25) is 5.02 Å². The molecule has 0 bridgehead atoms. The maximum absolute atomic E-state index is 13.9. The van der Waals surface area contributed by atoms with Crippen molar-refractivity contribution in [2.45, 2.75) is 70.9 Å². The quantitative estimate of drug-likeness (QED) is 0.145. The Morgan fingerprint density at radius 2 is 1.85 bits per heavy atom. The van der Waals surface area contributed by atoms with E-state index in [1.165, 1.54) is 4.68 Å². The van der Waals surface area contributed by atoms with Crippen LogP contribution in [-0.2, 0) is 26.8 Å². The number of H-pyrrole nitrogens is 1. The van der Waals surface area contributed by atoms with Crippen molar-refractivity contribution in [2.24, 2.45) is 18.4 Å². The van der Waals surface area contributed by atoms with Crippen LogP contribution >= 0.6 is 11.6 Å². The maximum Gasteiger partial charge on any atom is 0.270 e. The molecular weight excluding hydrogens is 630 g/mol. The first kappa shape index (κ1) is 35.1. The van der Waals surface area contributed by atoms with Crippen LogP contribution in [0, 0.1) is 11.3 Å². The zero-order valence-electron chi connectivity index (χ0n) is 28.7. The van der Waals surface area contributed by atoms with Crippen molar-refractivity contribution in [1.82, 2.24) is 35.7 Å². The standard InChI is InChI=1S/C36H46ClN7O4/c1-8-38-33(46)29(21(2)3)43-34(47)36(5,20-48-7)22-13-14-25-26(19-22)41-31(40-25)30(42-32(45)27-15-18-39-44(27)6)28(35(4)16-17-35)23-11-9-10-12-24(23)37/h9-15,18-19,21,28-30H,8,16-17,20H2,1-7H3,(H,38,46)(H,40,41)(H,42,45)(H,43,47)/t28-,29+,30-,36?/m0/s1. The number of nitrogens with one attached hydrogen (secondary N) is 4. The van der Waals surface area contributed by atoms with Gasteiger partial charge >= 0.3 is 0 Å². The first-order valence-electron chi connectivity index (χ1n) is 16.4. The van der Waals surface area contributed by atoms with Crippen LogP contribution in [0.3, 0.4) is 0 Å². The highest BCUT2D eigenvalue weighted by atomic mass is 35.5. The van der Waals surface area contributed by atoms with E-state index in [9.17, 15) is 14.4 Å². The van der Waals surface area contributed by atoms with Gasteiger partial charge in [-0.15, -0.1) is 0 Å². The van der Waals surface area contributed by atoms with Crippen LogP contribution in [0.1, 0.15) is 86.9 Å². The number of aromatic nitrogens is 4. The molecule has 256 valence electrons. The number of likely N-dealkylation sites (N-methyl/N-ethyl adjacent to an activating group) is 1. The van der Waals surface area contributed by atoms with Crippen LogP contribution < -0.4 is 16.0 Å². The lowest BCUT2D eigenvalue weighted by Gasteiger charge is -2.32. The van der Waals surface area contributed by atoms with Crippen molar-refractivity contribution in [3.63, 3.8) is 0 Å². The van der Waals surface area contributed by atoms with Crippen LogP contribution in [0.25, 0.3) is 11.0 Å². The van der Waals surface area contributed by atoms with E-state index in [4.69, 9.17) is 21.3 Å². The molecule has 12 heteroatoms. The monoisotopic (exact) mass is 675 g/mol. The predicted molar refractivity (Wildman–Crippen MR) is 186 cm³/mol. The zero-order valence-corrected chi connectivity index (χ0v) is 29.4. The van der Waals surface area contributed by atoms with Gasteiger partial charge in [0.25, 0.3) is 5.91 Å². The summed E-state index contributed by atoms with van der Waals surface area (Å²) >= 11 is 6.81. The molecule has 2 aromatic heterocycles. The Morgan fingerprint density at radius 1 is 1.12 bits per heavy atom. The fraction of sp³-hybridized carbons (Fsp3) is 0.472. The van der Waals surface area contributed by atoms with Gasteiger partial charge in [-0.1, -0.05) is 56.6 Å². The minimum Gasteiger partial charge on any atom is -0.383 e. The SMILES string of the molecule is CCNC(=O)[C@H](NC(=O)C(C)(COC)c1ccc2nc([C@@H](NC(=O)c3ccnn3C)[C@H](c3ccccc3Cl)C3(C)CC3)[nH]c2c1)C(C)C. The molecule has 48 heavy (non-hydrogen) atoms. The summed E-state index contributed by atoms with van der Waals surface area (Å²) in [6.45, 7) is 10.2. The summed E-state index contributed by atoms with van der Waals surface area (Å²) in [7, 11) is 3.28. The Hall–Kier alpha value is -4.22. The van der Waals surface area contributed by atoms with Gasteiger partial charge in [-0.3, -0.25) is 19.1 Å². The van der Waals surface area contributed by atoms with E-state index >= 15 is 0 Å². The van der Waals surface area contributed by atoms with Crippen molar-refractivity contribution < 1.29 is 19.1 Å². The largest absolute Gasteiger partial charge is 0.383 e. The van der Waals surface area contributed by atoms with Crippen LogP contribution in [0.5, 0.6) is 0 Å². The fourth-order valence-electron chi connectivity index (χ4n) is 6.52. The minimum absolute atomic E-state index is 0.0852. The molecule has 4 aromatic rings. The number of methoxy groups -OCH3 is 1. The molecule has 0 saturated heterocycles. The number of fused-ring (bicyclic) bond motifs is 1. The van der Waals surface area contributed by atoms with Crippen LogP contribution in [-0.4, -0.2) is 63.8 Å². The summed E-state index contributed by atoms with van der Waals surface area (Å²) < 4.78 is 7.10. The minimum atomic E-state index is -1.12. The van der Waals surface area contributed by atoms with E-state index in [0.29, 0.717) is 39.7 Å². The van der Waals surface area contributed by atoms with Crippen molar-refractivity contribution in [3.8, 4) is 0 Å². The summed E-state index contributed by atoms with van der Waals surface area (Å²) in [6.07, 6.45) is 3.54. The summed E-state index contributed by atoms with van der Waals surface area (Å²) in [6, 6.07) is 13.8. The van der Waals surface area contributed by atoms with Gasteiger partial charge in [-0.2, -0.15) is 5.10 Å². The summed E-state index contributed by atoms with van der Waals surface area (Å²) in [4.78, 5) is 48.9. The topological polar surface area (TPSA) is 143 Å². The second kappa shape index (κ2) is 14.1. The lowest BCUT2D eigenvalue weighted by atomic mass is 9.78. The highest BCUT2D eigenvalue weighted by Crippen LogP contribution is 2.60. The van der Waals surface area contributed by atoms with Gasteiger partial charge in [-0.05, 0) is 73.4 Å². The number of halogens is 1. The fourth-order valence-corrected chi connectivity index (χ4v) is 6.78. The molecule has 5 rings (SSSR count). The Morgan fingerprint density at radius 3 is 2.46 bits per heavy atom. The van der Waals surface area contributed by atoms with E-state index in [-0.39, 0.29) is 41.6 Å². The van der Waals surface area contributed by atoms with Crippen molar-refractivity contribution in [1.29, 1.82) is 0 Å². The van der Waals surface area contributed by atoms with Crippen LogP contribution in [0.15, 0.2) is 54.7 Å². The predicted octanol–water partition coefficient (Wildman–Crippen LogP) is 5.19. The third-order valence-corrected chi connectivity index (χ3v) is 10.0. The van der Waals surface area contributed by atoms with Crippen LogP contribution in [0.4, 0.5) is 0 Å². The molecule has 1 unspecified atom stereocenters. The van der Waals surface area contributed by atoms with Crippen molar-refractivity contribution >= 4 is 40.4 Å². The van der Waals surface area contributed by atoms with E-state index < -0.39 is 17.5 Å². The number of carbonyl (C=O) groups is 3. The van der Waals surface area contributed by atoms with E-state index in [1.54, 1.807) is 33.3 Å². The third-order valence-electron chi connectivity index (χ3n) is 9.66. The molecule has 2 aromatic carbocycles. The summed E-state index contributed by atoms with van der Waals surface area (Å²) in [5.41, 5.74) is 2.18. The van der Waals surface area contributed by atoms with Gasteiger partial charge < -0.3 is 25.7 Å². The molecule has 0 radical (unpaired) electrons. The highest BCUT2D eigenvalue weighted by molar-refractivity contribution is 6.31. The lowest BCUT2D eigenvalue weighted by molar-refractivity contribution is -0.134. The molecule has 1 aliphatic carbocycles. The third kappa shape index (κ3) is 6.98. The number of amides is 3. The van der Waals surface area contributed by atoms with Gasteiger partial charge in [0.15, 0.2) is 0 Å². The molecule has 1 fully saturated rings. The number of imidazole rings is 1. The molecule has 3 amide bonds. The Kier molecular flexibility index (Phi) is 10.3.